The molecule has 7 heteroatoms. The van der Waals surface area contributed by atoms with Gasteiger partial charge in [0.05, 0.1) is 4.91 Å². The topological polar surface area (TPSA) is 46.1 Å². The molecular formula is C7H5BrF3N2O+. The molecule has 1 aromatic rings. The highest BCUT2D eigenvalue weighted by atomic mass is 79.9. The minimum atomic E-state index is -4.60. The molecule has 0 fully saturated rings. The van der Waals surface area contributed by atoms with Crippen LogP contribution in [-0.4, -0.2) is 4.87 Å². The van der Waals surface area contributed by atoms with Gasteiger partial charge in [-0.3, -0.25) is 0 Å². The zero-order chi connectivity index (χ0) is 10.9. The molecule has 1 rings (SSSR count). The van der Waals surface area contributed by atoms with E-state index in [0.717, 1.165) is 12.1 Å². The highest BCUT2D eigenvalue weighted by Crippen LogP contribution is 2.36. The van der Waals surface area contributed by atoms with Crippen molar-refractivity contribution in [2.24, 2.45) is 5.84 Å². The molecule has 0 bridgehead atoms. The van der Waals surface area contributed by atoms with Gasteiger partial charge in [-0.15, -0.1) is 0 Å². The van der Waals surface area contributed by atoms with E-state index in [-0.39, 0.29) is 9.34 Å². The first-order valence-corrected chi connectivity index (χ1v) is 4.20. The van der Waals surface area contributed by atoms with Gasteiger partial charge in [-0.25, -0.2) is 0 Å². The fourth-order valence-electron chi connectivity index (χ4n) is 0.927. The first-order chi connectivity index (χ1) is 6.32. The number of nitrogens with zero attached hydrogens (tertiary/aromatic N) is 1. The third kappa shape index (κ3) is 2.22. The van der Waals surface area contributed by atoms with Crippen molar-refractivity contribution in [3.63, 3.8) is 0 Å². The van der Waals surface area contributed by atoms with Crippen LogP contribution in [0.5, 0.6) is 0 Å². The number of halogens is 4. The van der Waals surface area contributed by atoms with E-state index in [1.54, 1.807) is 0 Å². The van der Waals surface area contributed by atoms with E-state index in [1.807, 2.05) is 0 Å². The van der Waals surface area contributed by atoms with E-state index in [1.165, 1.54) is 6.07 Å². The first-order valence-electron chi connectivity index (χ1n) is 3.41. The van der Waals surface area contributed by atoms with Crippen molar-refractivity contribution in [3.05, 3.63) is 33.1 Å². The molecule has 3 nitrogen and oxygen atoms in total. The Labute approximate surface area is 85.4 Å². The summed E-state index contributed by atoms with van der Waals surface area (Å²) >= 11 is 2.88. The lowest BCUT2D eigenvalue weighted by molar-refractivity contribution is -0.476. The van der Waals surface area contributed by atoms with Crippen molar-refractivity contribution in [1.29, 1.82) is 0 Å². The fourth-order valence-corrected chi connectivity index (χ4v) is 1.29. The standard InChI is InChI=1S/C7H5BrF3N2O/c8-4-1-2-6(13(12)14)5(3-4)7(9,10)11/h1-3H,(H2,12,14)/q+1. The molecule has 0 atom stereocenters. The first kappa shape index (κ1) is 11.0. The third-order valence-corrected chi connectivity index (χ3v) is 1.99. The number of hydrogen-bond donors (Lipinski definition) is 1. The fraction of sp³-hybridized carbons (Fsp3) is 0.143. The monoisotopic (exact) mass is 269 g/mol. The van der Waals surface area contributed by atoms with Crippen LogP contribution < -0.4 is 5.84 Å². The van der Waals surface area contributed by atoms with Gasteiger partial charge < -0.3 is 0 Å². The van der Waals surface area contributed by atoms with E-state index < -0.39 is 17.4 Å². The maximum atomic E-state index is 12.3. The number of hydrazine groups is 1. The maximum Gasteiger partial charge on any atom is 0.423 e. The molecule has 0 saturated heterocycles. The van der Waals surface area contributed by atoms with E-state index in [2.05, 4.69) is 15.9 Å². The molecule has 2 N–H and O–H groups in total. The summed E-state index contributed by atoms with van der Waals surface area (Å²) in [6, 6.07) is 3.11. The second kappa shape index (κ2) is 3.56. The summed E-state index contributed by atoms with van der Waals surface area (Å²) in [5.41, 5.74) is -1.68. The molecule has 14 heavy (non-hydrogen) atoms. The lowest BCUT2D eigenvalue weighted by Crippen LogP contribution is -2.15. The lowest BCUT2D eigenvalue weighted by atomic mass is 10.2. The third-order valence-electron chi connectivity index (χ3n) is 1.50. The Bertz CT molecular complexity index is 378. The van der Waals surface area contributed by atoms with Crippen LogP contribution in [-0.2, 0) is 6.18 Å². The van der Waals surface area contributed by atoms with Gasteiger partial charge in [-0.1, -0.05) is 15.9 Å². The Morgan fingerprint density at radius 1 is 1.36 bits per heavy atom. The van der Waals surface area contributed by atoms with Crippen molar-refractivity contribution in [3.8, 4) is 0 Å². The van der Waals surface area contributed by atoms with Gasteiger partial charge in [0.1, 0.15) is 5.56 Å². The van der Waals surface area contributed by atoms with Gasteiger partial charge >= 0.3 is 11.9 Å². The van der Waals surface area contributed by atoms with Crippen LogP contribution in [0.25, 0.3) is 0 Å². The second-order valence-corrected chi connectivity index (χ2v) is 3.40. The van der Waals surface area contributed by atoms with Crippen LogP contribution in [0.4, 0.5) is 18.9 Å². The van der Waals surface area contributed by atoms with Crippen LogP contribution in [0.3, 0.4) is 0 Å². The summed E-state index contributed by atoms with van der Waals surface area (Å²) < 4.78 is 37.3. The normalized spacial score (nSPS) is 11.4. The summed E-state index contributed by atoms with van der Waals surface area (Å²) in [4.78, 5) is 10.3. The molecule has 1 aromatic carbocycles. The number of hydrogen-bond acceptors (Lipinski definition) is 1. The molecule has 0 aliphatic heterocycles. The van der Waals surface area contributed by atoms with Gasteiger partial charge in [0, 0.05) is 10.5 Å². The number of alkyl halides is 3. The number of benzene rings is 1. The van der Waals surface area contributed by atoms with E-state index >= 15 is 0 Å². The smallest absolute Gasteiger partial charge is 0.166 e. The van der Waals surface area contributed by atoms with Crippen molar-refractivity contribution in [2.45, 2.75) is 6.18 Å². The Morgan fingerprint density at radius 3 is 2.36 bits per heavy atom. The van der Waals surface area contributed by atoms with Crippen molar-refractivity contribution >= 4 is 21.6 Å². The second-order valence-electron chi connectivity index (χ2n) is 2.49. The Hall–Kier alpha value is -1.11. The zero-order valence-corrected chi connectivity index (χ0v) is 8.26. The summed E-state index contributed by atoms with van der Waals surface area (Å²) in [6.45, 7) is 0. The van der Waals surface area contributed by atoms with Gasteiger partial charge in [0.2, 0.25) is 0 Å². The molecule has 0 unspecified atom stereocenters. The van der Waals surface area contributed by atoms with Gasteiger partial charge in [-0.05, 0) is 12.1 Å². The Morgan fingerprint density at radius 2 is 1.93 bits per heavy atom. The number of rotatable bonds is 1. The van der Waals surface area contributed by atoms with Gasteiger partial charge in [0.25, 0.3) is 0 Å². The average Bonchev–Trinajstić information content (AvgIpc) is 2.01. The SMILES string of the molecule is N[N+](=O)c1ccc(Br)cc1C(F)(F)F. The molecule has 0 aliphatic rings. The van der Waals surface area contributed by atoms with Crippen LogP contribution in [0.2, 0.25) is 0 Å². The highest BCUT2D eigenvalue weighted by molar-refractivity contribution is 9.10. The van der Waals surface area contributed by atoms with Gasteiger partial charge in [-0.2, -0.15) is 19.0 Å². The largest absolute Gasteiger partial charge is 0.423 e. The molecule has 0 amide bonds. The maximum absolute atomic E-state index is 12.3. The van der Waals surface area contributed by atoms with Crippen LogP contribution in [0.15, 0.2) is 22.7 Å². The highest BCUT2D eigenvalue weighted by Gasteiger charge is 2.39. The van der Waals surface area contributed by atoms with Crippen LogP contribution in [0.1, 0.15) is 5.56 Å². The van der Waals surface area contributed by atoms with Crippen molar-refractivity contribution in [2.75, 3.05) is 0 Å². The van der Waals surface area contributed by atoms with Crippen LogP contribution in [0, 0.1) is 4.91 Å². The average molecular weight is 270 g/mol. The number of nitroso groups, excluding NO2 is 1. The molecule has 76 valence electrons. The minimum Gasteiger partial charge on any atom is -0.166 e. The zero-order valence-electron chi connectivity index (χ0n) is 6.68. The predicted molar refractivity (Wildman–Crippen MR) is 46.6 cm³/mol. The lowest BCUT2D eigenvalue weighted by Gasteiger charge is -2.05. The summed E-state index contributed by atoms with van der Waals surface area (Å²) in [5, 5.41) is 0. The molecule has 0 radical (unpaired) electrons. The number of nitrogens with two attached hydrogens (primary N) is 1. The van der Waals surface area contributed by atoms with E-state index in [4.69, 9.17) is 5.84 Å². The summed E-state index contributed by atoms with van der Waals surface area (Å²) in [7, 11) is 0. The molecule has 0 spiro atoms. The molecular weight excluding hydrogens is 265 g/mol. The van der Waals surface area contributed by atoms with E-state index in [9.17, 15) is 18.1 Å². The molecule has 0 saturated carbocycles. The van der Waals surface area contributed by atoms with Crippen molar-refractivity contribution < 1.29 is 18.0 Å². The van der Waals surface area contributed by atoms with Crippen molar-refractivity contribution in [1.82, 2.24) is 0 Å². The molecule has 0 aromatic heterocycles. The Balaban J connectivity index is 3.38. The van der Waals surface area contributed by atoms with Crippen LogP contribution >= 0.6 is 15.9 Å². The summed E-state index contributed by atoms with van der Waals surface area (Å²) in [5.74, 6) is 4.72. The minimum absolute atomic E-state index is 0.232. The van der Waals surface area contributed by atoms with E-state index in [0.29, 0.717) is 0 Å². The van der Waals surface area contributed by atoms with Gasteiger partial charge in [0.15, 0.2) is 4.87 Å². The quantitative estimate of drug-likeness (QED) is 0.484. The Kier molecular flexibility index (Phi) is 2.79. The summed E-state index contributed by atoms with van der Waals surface area (Å²) in [6.07, 6.45) is -4.60. The predicted octanol–water partition coefficient (Wildman–Crippen LogP) is 2.75. The molecule has 0 aliphatic carbocycles. The molecule has 0 heterocycles.